The van der Waals surface area contributed by atoms with Gasteiger partial charge in [0.15, 0.2) is 0 Å². The quantitative estimate of drug-likeness (QED) is 0.163. The molecule has 1 aromatic heterocycles. The zero-order valence-electron chi connectivity index (χ0n) is 45.4. The third kappa shape index (κ3) is 6.50. The maximum absolute atomic E-state index is 2.76. The van der Waals surface area contributed by atoms with Gasteiger partial charge in [0, 0.05) is 33.0 Å². The molecule has 1 saturated carbocycles. The Morgan fingerprint density at radius 1 is 0.479 bits per heavy atom. The molecule has 1 fully saturated rings. The number of aryl methyl sites for hydroxylation is 1. The highest BCUT2D eigenvalue weighted by Crippen LogP contribution is 2.59. The Morgan fingerprint density at radius 2 is 1.04 bits per heavy atom. The first-order valence-corrected chi connectivity index (χ1v) is 28.1. The summed E-state index contributed by atoms with van der Waals surface area (Å²) in [6, 6.07) is 42.3. The number of benzene rings is 6. The molecule has 0 spiro atoms. The predicted octanol–water partition coefficient (Wildman–Crippen LogP) is 17.1. The van der Waals surface area contributed by atoms with Crippen LogP contribution in [0.25, 0.3) is 21.2 Å². The maximum atomic E-state index is 2.76. The summed E-state index contributed by atoms with van der Waals surface area (Å²) >= 11 is 2.07. The zero-order chi connectivity index (χ0) is 49.7. The Hall–Kier alpha value is -5.06. The Labute approximate surface area is 430 Å². The van der Waals surface area contributed by atoms with Crippen molar-refractivity contribution in [2.45, 2.75) is 186 Å². The summed E-state index contributed by atoms with van der Waals surface area (Å²) in [6.07, 6.45) is 9.91. The van der Waals surface area contributed by atoms with Gasteiger partial charge in [0.2, 0.25) is 0 Å². The first-order chi connectivity index (χ1) is 33.4. The molecule has 0 N–H and O–H groups in total. The highest BCUT2D eigenvalue weighted by Gasteiger charge is 2.51. The van der Waals surface area contributed by atoms with Crippen LogP contribution in [-0.2, 0) is 37.9 Å². The van der Waals surface area contributed by atoms with E-state index in [1.807, 2.05) is 0 Å². The molecule has 14 rings (SSSR count). The van der Waals surface area contributed by atoms with Gasteiger partial charge < -0.3 is 9.80 Å². The smallest absolute Gasteiger partial charge is 0.254 e. The van der Waals surface area contributed by atoms with Crippen LogP contribution in [0.15, 0.2) is 103 Å². The van der Waals surface area contributed by atoms with Crippen molar-refractivity contribution in [1.82, 2.24) is 0 Å². The van der Waals surface area contributed by atoms with E-state index in [2.05, 4.69) is 221 Å². The lowest BCUT2D eigenvalue weighted by molar-refractivity contribution is 0.188. The van der Waals surface area contributed by atoms with E-state index in [0.717, 1.165) is 0 Å². The summed E-state index contributed by atoms with van der Waals surface area (Å²) in [5, 5.41) is 2.88. The van der Waals surface area contributed by atoms with E-state index in [9.17, 15) is 0 Å². The summed E-state index contributed by atoms with van der Waals surface area (Å²) in [4.78, 5) is 5.50. The topological polar surface area (TPSA) is 6.48 Å². The van der Waals surface area contributed by atoms with Crippen LogP contribution in [0.3, 0.4) is 0 Å². The second-order valence-electron chi connectivity index (χ2n) is 27.7. The highest BCUT2D eigenvalue weighted by atomic mass is 32.1. The van der Waals surface area contributed by atoms with E-state index in [0.29, 0.717) is 0 Å². The molecule has 362 valence electrons. The molecule has 0 amide bonds. The first-order valence-electron chi connectivity index (χ1n) is 27.3. The van der Waals surface area contributed by atoms with Gasteiger partial charge in [0.25, 0.3) is 6.71 Å². The van der Waals surface area contributed by atoms with Crippen molar-refractivity contribution in [3.63, 3.8) is 0 Å². The molecular formula is C67H75BN2S. The molecule has 7 aliphatic rings. The molecule has 0 saturated heterocycles. The minimum atomic E-state index is -0.00706. The molecule has 3 heterocycles. The van der Waals surface area contributed by atoms with Crippen molar-refractivity contribution < 1.29 is 0 Å². The van der Waals surface area contributed by atoms with Crippen molar-refractivity contribution in [2.24, 2.45) is 0 Å². The largest absolute Gasteiger partial charge is 0.311 e. The van der Waals surface area contributed by atoms with Crippen LogP contribution in [0.4, 0.5) is 33.4 Å². The van der Waals surface area contributed by atoms with E-state index in [-0.39, 0.29) is 44.6 Å². The Bertz CT molecular complexity index is 3420. The Kier molecular flexibility index (Phi) is 9.40. The highest BCUT2D eigenvalue weighted by molar-refractivity contribution is 7.26. The van der Waals surface area contributed by atoms with Crippen LogP contribution in [0.2, 0.25) is 0 Å². The molecule has 5 aliphatic carbocycles. The van der Waals surface area contributed by atoms with Gasteiger partial charge in [-0.3, -0.25) is 0 Å². The van der Waals surface area contributed by atoms with Gasteiger partial charge in [-0.2, -0.15) is 0 Å². The van der Waals surface area contributed by atoms with Crippen LogP contribution in [0.1, 0.15) is 186 Å². The standard InChI is InChI=1S/C67H75BN2S/c1-40-32-55-59-56(33-40)70(53-23-20-42(61(2,3)4)34-44(53)41-18-16-15-17-19-41)54-38-49-48(64(9,10)26-27-65(49,11)12)37-52(54)68(59)58-45-36-50-51(67(14)30-28-66(50,13)29-31-67)39-57(45)71-60(58)69(55)43-21-22-46-47(35-43)63(7,8)25-24-62(46,5)6/h15-23,32-39H,24-31H2,1-14H3. The van der Waals surface area contributed by atoms with E-state index in [4.69, 9.17) is 0 Å². The molecule has 7 aromatic rings. The fraction of sp³-hybridized carbons (Fsp3) is 0.433. The SMILES string of the molecule is Cc1cc2c3c(c1)N(c1ccc4c(c1)C(C)(C)CCC4(C)C)c1sc4cc5c(cc4c1B3c1cc3c(cc1N2c1ccc(C(C)(C)C)cc1-c1ccccc1)C(C)(C)CCC3(C)C)C1(C)CCC5(C)CC1. The summed E-state index contributed by atoms with van der Waals surface area (Å²) in [6.45, 7) is 34.6. The zero-order valence-corrected chi connectivity index (χ0v) is 46.2. The number of nitrogens with zero attached hydrogens (tertiary/aromatic N) is 2. The number of fused-ring (bicyclic) bond motifs is 10. The molecule has 2 aliphatic heterocycles. The fourth-order valence-electron chi connectivity index (χ4n) is 14.9. The van der Waals surface area contributed by atoms with Gasteiger partial charge in [0.05, 0.1) is 10.7 Å². The third-order valence-corrected chi connectivity index (χ3v) is 21.1. The molecule has 0 atom stereocenters. The lowest BCUT2D eigenvalue weighted by Crippen LogP contribution is -2.61. The third-order valence-electron chi connectivity index (χ3n) is 20.0. The van der Waals surface area contributed by atoms with Gasteiger partial charge in [-0.1, -0.05) is 139 Å². The lowest BCUT2D eigenvalue weighted by atomic mass is 9.33. The van der Waals surface area contributed by atoms with Gasteiger partial charge >= 0.3 is 0 Å². The molecule has 0 unspecified atom stereocenters. The van der Waals surface area contributed by atoms with Crippen LogP contribution in [0, 0.1) is 6.92 Å². The van der Waals surface area contributed by atoms with Crippen molar-refractivity contribution in [2.75, 3.05) is 9.80 Å². The number of anilines is 6. The average molecular weight is 951 g/mol. The van der Waals surface area contributed by atoms with Crippen LogP contribution < -0.4 is 26.2 Å². The monoisotopic (exact) mass is 951 g/mol. The average Bonchev–Trinajstić information content (AvgIpc) is 3.69. The summed E-state index contributed by atoms with van der Waals surface area (Å²) in [5.74, 6) is 0. The molecule has 6 aromatic carbocycles. The van der Waals surface area contributed by atoms with Gasteiger partial charge in [0.1, 0.15) is 0 Å². The molecule has 0 radical (unpaired) electrons. The van der Waals surface area contributed by atoms with E-state index < -0.39 is 0 Å². The Morgan fingerprint density at radius 3 is 1.66 bits per heavy atom. The second-order valence-corrected chi connectivity index (χ2v) is 28.8. The summed E-state index contributed by atoms with van der Waals surface area (Å²) in [5.41, 5.74) is 26.2. The molecular weight excluding hydrogens is 876 g/mol. The predicted molar refractivity (Wildman–Crippen MR) is 308 cm³/mol. The van der Waals surface area contributed by atoms with Gasteiger partial charge in [-0.05, 0) is 223 Å². The van der Waals surface area contributed by atoms with Crippen LogP contribution in [0.5, 0.6) is 0 Å². The molecule has 2 nitrogen and oxygen atoms in total. The van der Waals surface area contributed by atoms with Crippen molar-refractivity contribution in [3.05, 3.63) is 148 Å². The molecule has 4 heteroatoms. The minimum absolute atomic E-state index is 0.00706. The molecule has 2 bridgehead atoms. The number of hydrogen-bond acceptors (Lipinski definition) is 3. The van der Waals surface area contributed by atoms with Crippen molar-refractivity contribution >= 4 is 78.0 Å². The normalized spacial score (nSPS) is 23.7. The number of hydrogen-bond donors (Lipinski definition) is 0. The van der Waals surface area contributed by atoms with Crippen molar-refractivity contribution in [3.8, 4) is 11.1 Å². The van der Waals surface area contributed by atoms with Crippen LogP contribution >= 0.6 is 11.3 Å². The second kappa shape index (κ2) is 14.6. The number of rotatable bonds is 3. The fourth-order valence-corrected chi connectivity index (χ4v) is 16.2. The van der Waals surface area contributed by atoms with E-state index >= 15 is 0 Å². The maximum Gasteiger partial charge on any atom is 0.254 e. The molecule has 71 heavy (non-hydrogen) atoms. The van der Waals surface area contributed by atoms with Crippen LogP contribution in [-0.4, -0.2) is 6.71 Å². The lowest BCUT2D eigenvalue weighted by Gasteiger charge is -2.52. The van der Waals surface area contributed by atoms with E-state index in [1.165, 1.54) is 156 Å². The summed E-state index contributed by atoms with van der Waals surface area (Å²) in [7, 11) is 0. The first kappa shape index (κ1) is 45.8. The number of thiophene rings is 1. The minimum Gasteiger partial charge on any atom is -0.311 e. The van der Waals surface area contributed by atoms with E-state index in [1.54, 1.807) is 11.1 Å². The Balaban J connectivity index is 1.18. The summed E-state index contributed by atoms with van der Waals surface area (Å²) < 4.78 is 1.45. The van der Waals surface area contributed by atoms with Gasteiger partial charge in [-0.25, -0.2) is 0 Å². The van der Waals surface area contributed by atoms with Gasteiger partial charge in [-0.15, -0.1) is 11.3 Å². The van der Waals surface area contributed by atoms with Crippen molar-refractivity contribution in [1.29, 1.82) is 0 Å².